The Morgan fingerprint density at radius 3 is 2.68 bits per heavy atom. The molecule has 1 aromatic heterocycles. The first-order chi connectivity index (χ1) is 9.01. The first-order valence-corrected chi connectivity index (χ1v) is 6.44. The zero-order valence-corrected chi connectivity index (χ0v) is 11.7. The number of rotatable bonds is 4. The van der Waals surface area contributed by atoms with Gasteiger partial charge in [0.1, 0.15) is 0 Å². The highest BCUT2D eigenvalue weighted by molar-refractivity contribution is 5.85. The van der Waals surface area contributed by atoms with Gasteiger partial charge in [-0.05, 0) is 31.7 Å². The molecule has 3 N–H and O–H groups in total. The SMILES string of the molecule is CC(C)(C)OCC(NN)c1cncc2ccccc12. The standard InChI is InChI=1S/C15H21N3O/c1-15(2,3)19-10-14(18-16)13-9-17-8-11-6-4-5-7-12(11)13/h4-9,14,18H,10,16H2,1-3H3. The van der Waals surface area contributed by atoms with Crippen LogP contribution in [0.15, 0.2) is 36.7 Å². The number of hydrazine groups is 1. The molecule has 2 aromatic rings. The van der Waals surface area contributed by atoms with E-state index in [2.05, 4.69) is 16.5 Å². The second kappa shape index (κ2) is 5.65. The predicted molar refractivity (Wildman–Crippen MR) is 77.5 cm³/mol. The fourth-order valence-corrected chi connectivity index (χ4v) is 1.98. The Morgan fingerprint density at radius 2 is 2.00 bits per heavy atom. The highest BCUT2D eigenvalue weighted by atomic mass is 16.5. The first kappa shape index (κ1) is 13.9. The Labute approximate surface area is 113 Å². The van der Waals surface area contributed by atoms with Crippen LogP contribution < -0.4 is 11.3 Å². The molecule has 102 valence electrons. The number of nitrogens with two attached hydrogens (primary N) is 1. The summed E-state index contributed by atoms with van der Waals surface area (Å²) < 4.78 is 5.82. The third-order valence-corrected chi connectivity index (χ3v) is 2.96. The van der Waals surface area contributed by atoms with Gasteiger partial charge < -0.3 is 4.74 Å². The van der Waals surface area contributed by atoms with Crippen molar-refractivity contribution in [3.05, 3.63) is 42.2 Å². The van der Waals surface area contributed by atoms with E-state index in [9.17, 15) is 0 Å². The number of pyridine rings is 1. The second-order valence-electron chi connectivity index (χ2n) is 5.59. The van der Waals surface area contributed by atoms with E-state index < -0.39 is 0 Å². The maximum Gasteiger partial charge on any atom is 0.0715 e. The van der Waals surface area contributed by atoms with Crippen LogP contribution >= 0.6 is 0 Å². The van der Waals surface area contributed by atoms with E-state index >= 15 is 0 Å². The summed E-state index contributed by atoms with van der Waals surface area (Å²) >= 11 is 0. The van der Waals surface area contributed by atoms with Gasteiger partial charge in [0.25, 0.3) is 0 Å². The molecule has 0 radical (unpaired) electrons. The van der Waals surface area contributed by atoms with E-state index in [1.807, 2.05) is 51.4 Å². The highest BCUT2D eigenvalue weighted by Crippen LogP contribution is 2.24. The van der Waals surface area contributed by atoms with Crippen LogP contribution in [0.25, 0.3) is 10.8 Å². The van der Waals surface area contributed by atoms with Crippen LogP contribution in [-0.4, -0.2) is 17.2 Å². The molecule has 4 nitrogen and oxygen atoms in total. The van der Waals surface area contributed by atoms with Crippen molar-refractivity contribution in [2.24, 2.45) is 5.84 Å². The molecular weight excluding hydrogens is 238 g/mol. The summed E-state index contributed by atoms with van der Waals surface area (Å²) in [4.78, 5) is 4.27. The zero-order valence-electron chi connectivity index (χ0n) is 11.7. The monoisotopic (exact) mass is 259 g/mol. The minimum atomic E-state index is -0.187. The highest BCUT2D eigenvalue weighted by Gasteiger charge is 2.18. The van der Waals surface area contributed by atoms with Crippen molar-refractivity contribution in [2.45, 2.75) is 32.4 Å². The molecule has 0 aliphatic heterocycles. The summed E-state index contributed by atoms with van der Waals surface area (Å²) in [5.74, 6) is 5.67. The number of aromatic nitrogens is 1. The number of hydrogen-bond acceptors (Lipinski definition) is 4. The number of nitrogens with zero attached hydrogens (tertiary/aromatic N) is 1. The van der Waals surface area contributed by atoms with Crippen LogP contribution in [0.5, 0.6) is 0 Å². The normalized spacial score (nSPS) is 13.7. The van der Waals surface area contributed by atoms with Crippen LogP contribution in [0, 0.1) is 0 Å². The number of fused-ring (bicyclic) bond motifs is 1. The van der Waals surface area contributed by atoms with Gasteiger partial charge in [0, 0.05) is 17.8 Å². The van der Waals surface area contributed by atoms with Gasteiger partial charge in [0.2, 0.25) is 0 Å². The van der Waals surface area contributed by atoms with Crippen LogP contribution in [0.3, 0.4) is 0 Å². The molecule has 0 fully saturated rings. The third-order valence-electron chi connectivity index (χ3n) is 2.96. The van der Waals surface area contributed by atoms with Gasteiger partial charge >= 0.3 is 0 Å². The number of benzene rings is 1. The molecule has 1 aromatic carbocycles. The molecule has 0 aliphatic rings. The summed E-state index contributed by atoms with van der Waals surface area (Å²) in [7, 11) is 0. The molecule has 1 unspecified atom stereocenters. The molecule has 2 rings (SSSR count). The third kappa shape index (κ3) is 3.50. The summed E-state index contributed by atoms with van der Waals surface area (Å²) in [6.45, 7) is 6.60. The van der Waals surface area contributed by atoms with E-state index in [4.69, 9.17) is 10.6 Å². The molecule has 1 heterocycles. The number of hydrogen-bond donors (Lipinski definition) is 2. The zero-order chi connectivity index (χ0) is 13.9. The lowest BCUT2D eigenvalue weighted by molar-refractivity contribution is -0.0146. The number of ether oxygens (including phenoxy) is 1. The van der Waals surface area contributed by atoms with Crippen LogP contribution in [0.2, 0.25) is 0 Å². The van der Waals surface area contributed by atoms with Gasteiger partial charge in [-0.1, -0.05) is 24.3 Å². The molecule has 19 heavy (non-hydrogen) atoms. The average molecular weight is 259 g/mol. The summed E-state index contributed by atoms with van der Waals surface area (Å²) in [5, 5.41) is 2.26. The lowest BCUT2D eigenvalue weighted by Crippen LogP contribution is -2.34. The first-order valence-electron chi connectivity index (χ1n) is 6.44. The molecule has 0 saturated heterocycles. The van der Waals surface area contributed by atoms with Gasteiger partial charge in [-0.25, -0.2) is 0 Å². The minimum absolute atomic E-state index is 0.0715. The molecule has 0 amide bonds. The Balaban J connectivity index is 2.30. The quantitative estimate of drug-likeness (QED) is 0.654. The smallest absolute Gasteiger partial charge is 0.0715 e. The van der Waals surface area contributed by atoms with Gasteiger partial charge in [0.15, 0.2) is 0 Å². The Hall–Kier alpha value is -1.49. The second-order valence-corrected chi connectivity index (χ2v) is 5.59. The van der Waals surface area contributed by atoms with Crippen molar-refractivity contribution in [3.63, 3.8) is 0 Å². The Bertz CT molecular complexity index is 543. The van der Waals surface area contributed by atoms with Crippen LogP contribution in [0.4, 0.5) is 0 Å². The average Bonchev–Trinajstić information content (AvgIpc) is 2.38. The van der Waals surface area contributed by atoms with E-state index in [0.29, 0.717) is 6.61 Å². The topological polar surface area (TPSA) is 60.2 Å². The van der Waals surface area contributed by atoms with Gasteiger partial charge in [-0.15, -0.1) is 0 Å². The van der Waals surface area contributed by atoms with Crippen molar-refractivity contribution in [1.82, 2.24) is 10.4 Å². The van der Waals surface area contributed by atoms with Crippen molar-refractivity contribution in [3.8, 4) is 0 Å². The van der Waals surface area contributed by atoms with Crippen molar-refractivity contribution >= 4 is 10.8 Å². The van der Waals surface area contributed by atoms with Gasteiger partial charge in [0.05, 0.1) is 18.2 Å². The minimum Gasteiger partial charge on any atom is -0.374 e. The Morgan fingerprint density at radius 1 is 1.26 bits per heavy atom. The van der Waals surface area contributed by atoms with E-state index in [1.54, 1.807) is 0 Å². The molecule has 4 heteroatoms. The molecule has 0 bridgehead atoms. The van der Waals surface area contributed by atoms with Crippen molar-refractivity contribution in [1.29, 1.82) is 0 Å². The predicted octanol–water partition coefficient (Wildman–Crippen LogP) is 2.55. The lowest BCUT2D eigenvalue weighted by atomic mass is 10.0. The van der Waals surface area contributed by atoms with Crippen molar-refractivity contribution < 1.29 is 4.74 Å². The largest absolute Gasteiger partial charge is 0.374 e. The van der Waals surface area contributed by atoms with E-state index in [0.717, 1.165) is 16.3 Å². The molecule has 0 aliphatic carbocycles. The summed E-state index contributed by atoms with van der Waals surface area (Å²) in [6, 6.07) is 8.07. The van der Waals surface area contributed by atoms with E-state index in [-0.39, 0.29) is 11.6 Å². The van der Waals surface area contributed by atoms with E-state index in [1.165, 1.54) is 0 Å². The Kier molecular flexibility index (Phi) is 4.14. The fourth-order valence-electron chi connectivity index (χ4n) is 1.98. The van der Waals surface area contributed by atoms with Crippen molar-refractivity contribution in [2.75, 3.05) is 6.61 Å². The molecular formula is C15H21N3O. The van der Waals surface area contributed by atoms with Gasteiger partial charge in [-0.3, -0.25) is 16.3 Å². The molecule has 0 spiro atoms. The maximum absolute atomic E-state index is 5.82. The maximum atomic E-state index is 5.82. The lowest BCUT2D eigenvalue weighted by Gasteiger charge is -2.24. The molecule has 1 atom stereocenters. The fraction of sp³-hybridized carbons (Fsp3) is 0.400. The van der Waals surface area contributed by atoms with Gasteiger partial charge in [-0.2, -0.15) is 0 Å². The number of nitrogens with one attached hydrogen (secondary N) is 1. The summed E-state index contributed by atoms with van der Waals surface area (Å²) in [6.07, 6.45) is 3.70. The van der Waals surface area contributed by atoms with Crippen LogP contribution in [0.1, 0.15) is 32.4 Å². The molecule has 0 saturated carbocycles. The summed E-state index contributed by atoms with van der Waals surface area (Å²) in [5.41, 5.74) is 3.69. The van der Waals surface area contributed by atoms with Crippen LogP contribution in [-0.2, 0) is 4.74 Å².